The number of hydrogen-bond acceptors (Lipinski definition) is 1. The lowest BCUT2D eigenvalue weighted by molar-refractivity contribution is -0.137. The second-order valence-corrected chi connectivity index (χ2v) is 3.87. The summed E-state index contributed by atoms with van der Waals surface area (Å²) >= 11 is 0. The number of unbranched alkanes of at least 4 members (excludes halogenated alkanes) is 2. The SMILES string of the molecule is O=C(O)CCCCCC1=C/C=C=CC/C=C\1. The minimum absolute atomic E-state index is 0.289. The third kappa shape index (κ3) is 6.05. The molecule has 86 valence electrons. The molecule has 0 aromatic rings. The molecule has 0 atom stereocenters. The smallest absolute Gasteiger partial charge is 0.303 e. The maximum atomic E-state index is 10.3. The van der Waals surface area contributed by atoms with Crippen molar-refractivity contribution in [2.45, 2.75) is 38.5 Å². The van der Waals surface area contributed by atoms with Gasteiger partial charge in [-0.15, -0.1) is 5.73 Å². The number of allylic oxidation sites excluding steroid dienone is 5. The van der Waals surface area contributed by atoms with Crippen LogP contribution in [0.3, 0.4) is 0 Å². The van der Waals surface area contributed by atoms with E-state index in [1.807, 2.05) is 12.2 Å². The van der Waals surface area contributed by atoms with Crippen molar-refractivity contribution in [1.82, 2.24) is 0 Å². The molecule has 16 heavy (non-hydrogen) atoms. The summed E-state index contributed by atoms with van der Waals surface area (Å²) in [6, 6.07) is 0. The van der Waals surface area contributed by atoms with Crippen molar-refractivity contribution < 1.29 is 9.90 Å². The van der Waals surface area contributed by atoms with Crippen LogP contribution in [0, 0.1) is 0 Å². The fourth-order valence-corrected chi connectivity index (χ4v) is 1.58. The van der Waals surface area contributed by atoms with Gasteiger partial charge in [-0.2, -0.15) is 0 Å². The highest BCUT2D eigenvalue weighted by Gasteiger charge is 1.97. The molecule has 0 fully saturated rings. The van der Waals surface area contributed by atoms with Gasteiger partial charge in [0.2, 0.25) is 0 Å². The van der Waals surface area contributed by atoms with E-state index in [4.69, 9.17) is 5.11 Å². The van der Waals surface area contributed by atoms with Crippen LogP contribution < -0.4 is 0 Å². The van der Waals surface area contributed by atoms with Crippen molar-refractivity contribution in [2.75, 3.05) is 0 Å². The highest BCUT2D eigenvalue weighted by molar-refractivity contribution is 5.66. The molecule has 2 nitrogen and oxygen atoms in total. The maximum absolute atomic E-state index is 10.3. The Morgan fingerprint density at radius 1 is 1.38 bits per heavy atom. The molecule has 0 aromatic heterocycles. The number of carbonyl (C=O) groups is 1. The van der Waals surface area contributed by atoms with E-state index in [-0.39, 0.29) is 6.42 Å². The average molecular weight is 218 g/mol. The summed E-state index contributed by atoms with van der Waals surface area (Å²) in [5.41, 5.74) is 4.38. The van der Waals surface area contributed by atoms with Gasteiger partial charge in [0, 0.05) is 6.42 Å². The van der Waals surface area contributed by atoms with Crippen LogP contribution >= 0.6 is 0 Å². The molecule has 0 spiro atoms. The Labute approximate surface area is 96.7 Å². The molecule has 0 amide bonds. The number of carboxylic acid groups (broad SMARTS) is 1. The van der Waals surface area contributed by atoms with Crippen LogP contribution in [0.25, 0.3) is 0 Å². The molecule has 0 bridgehead atoms. The summed E-state index contributed by atoms with van der Waals surface area (Å²) in [5.74, 6) is -0.696. The van der Waals surface area contributed by atoms with Crippen LogP contribution in [0.15, 0.2) is 41.7 Å². The molecule has 0 heterocycles. The molecule has 1 N–H and O–H groups in total. The van der Waals surface area contributed by atoms with Crippen molar-refractivity contribution in [1.29, 1.82) is 0 Å². The van der Waals surface area contributed by atoms with Crippen molar-refractivity contribution in [3.63, 3.8) is 0 Å². The molecule has 0 radical (unpaired) electrons. The molecule has 0 saturated carbocycles. The molecule has 1 rings (SSSR count). The van der Waals surface area contributed by atoms with Crippen LogP contribution in [-0.4, -0.2) is 11.1 Å². The van der Waals surface area contributed by atoms with E-state index in [1.165, 1.54) is 5.57 Å². The van der Waals surface area contributed by atoms with Crippen molar-refractivity contribution in [3.8, 4) is 0 Å². The zero-order valence-electron chi connectivity index (χ0n) is 9.48. The molecule has 0 aliphatic heterocycles. The van der Waals surface area contributed by atoms with Gasteiger partial charge in [0.1, 0.15) is 0 Å². The average Bonchev–Trinajstić information content (AvgIpc) is 2.19. The number of carboxylic acids is 1. The van der Waals surface area contributed by atoms with Crippen molar-refractivity contribution in [3.05, 3.63) is 41.7 Å². The first-order chi connectivity index (χ1) is 7.79. The first-order valence-electron chi connectivity index (χ1n) is 5.77. The first-order valence-corrected chi connectivity index (χ1v) is 5.77. The molecule has 2 heteroatoms. The summed E-state index contributed by atoms with van der Waals surface area (Å²) in [5, 5.41) is 8.49. The minimum Gasteiger partial charge on any atom is -0.481 e. The van der Waals surface area contributed by atoms with Crippen LogP contribution in [-0.2, 0) is 4.79 Å². The largest absolute Gasteiger partial charge is 0.481 e. The molecule has 1 aliphatic rings. The Balaban J connectivity index is 2.21. The Kier molecular flexibility index (Phi) is 6.05. The zero-order valence-corrected chi connectivity index (χ0v) is 9.48. The number of rotatable bonds is 6. The van der Waals surface area contributed by atoms with Gasteiger partial charge < -0.3 is 5.11 Å². The van der Waals surface area contributed by atoms with Gasteiger partial charge in [-0.1, -0.05) is 24.6 Å². The Bertz CT molecular complexity index is 342. The highest BCUT2D eigenvalue weighted by atomic mass is 16.4. The predicted molar refractivity (Wildman–Crippen MR) is 65.2 cm³/mol. The van der Waals surface area contributed by atoms with E-state index in [1.54, 1.807) is 0 Å². The van der Waals surface area contributed by atoms with E-state index in [2.05, 4.69) is 24.0 Å². The molecular weight excluding hydrogens is 200 g/mol. The Morgan fingerprint density at radius 2 is 2.25 bits per heavy atom. The molecular formula is C14H18O2. The summed E-state index contributed by atoms with van der Waals surface area (Å²) in [6.45, 7) is 0. The third-order valence-electron chi connectivity index (χ3n) is 2.45. The topological polar surface area (TPSA) is 37.3 Å². The Hall–Kier alpha value is -1.53. The van der Waals surface area contributed by atoms with Crippen LogP contribution in [0.4, 0.5) is 0 Å². The van der Waals surface area contributed by atoms with Crippen LogP contribution in [0.1, 0.15) is 38.5 Å². The maximum Gasteiger partial charge on any atom is 0.303 e. The van der Waals surface area contributed by atoms with Crippen molar-refractivity contribution >= 4 is 5.97 Å². The van der Waals surface area contributed by atoms with Crippen molar-refractivity contribution in [2.24, 2.45) is 0 Å². The van der Waals surface area contributed by atoms with Crippen LogP contribution in [0.2, 0.25) is 0 Å². The van der Waals surface area contributed by atoms with Gasteiger partial charge >= 0.3 is 5.97 Å². The van der Waals surface area contributed by atoms with Gasteiger partial charge in [0.05, 0.1) is 0 Å². The standard InChI is InChI=1S/C14H18O2/c15-14(16)12-8-4-7-11-13-9-5-2-1-3-6-10-13/h1,5-6,9-10H,2,4,7-8,11-12H2,(H,15,16)/b9-5-,13-10+. The molecule has 0 aromatic carbocycles. The Morgan fingerprint density at radius 3 is 3.06 bits per heavy atom. The normalized spacial score (nSPS) is 19.6. The van der Waals surface area contributed by atoms with Gasteiger partial charge in [-0.3, -0.25) is 4.79 Å². The van der Waals surface area contributed by atoms with E-state index in [0.717, 1.165) is 32.1 Å². The molecule has 0 unspecified atom stereocenters. The molecule has 1 aliphatic carbocycles. The summed E-state index contributed by atoms with van der Waals surface area (Å²) in [7, 11) is 0. The zero-order chi connectivity index (χ0) is 11.6. The summed E-state index contributed by atoms with van der Waals surface area (Å²) in [6.07, 6.45) is 15.4. The fourth-order valence-electron chi connectivity index (χ4n) is 1.58. The quantitative estimate of drug-likeness (QED) is 0.546. The summed E-state index contributed by atoms with van der Waals surface area (Å²) in [4.78, 5) is 10.3. The van der Waals surface area contributed by atoms with Gasteiger partial charge in [-0.05, 0) is 43.4 Å². The predicted octanol–water partition coefficient (Wildman–Crippen LogP) is 3.62. The second kappa shape index (κ2) is 7.72. The van der Waals surface area contributed by atoms with E-state index in [9.17, 15) is 4.79 Å². The lowest BCUT2D eigenvalue weighted by atomic mass is 10.0. The minimum atomic E-state index is -0.696. The first kappa shape index (κ1) is 12.5. The van der Waals surface area contributed by atoms with Gasteiger partial charge in [-0.25, -0.2) is 0 Å². The summed E-state index contributed by atoms with van der Waals surface area (Å²) < 4.78 is 0. The monoisotopic (exact) mass is 218 g/mol. The van der Waals surface area contributed by atoms with Crippen LogP contribution in [0.5, 0.6) is 0 Å². The molecule has 0 saturated heterocycles. The lowest BCUT2D eigenvalue weighted by Crippen LogP contribution is -1.93. The van der Waals surface area contributed by atoms with Gasteiger partial charge in [0.15, 0.2) is 0 Å². The fraction of sp³-hybridized carbons (Fsp3) is 0.429. The highest BCUT2D eigenvalue weighted by Crippen LogP contribution is 2.13. The third-order valence-corrected chi connectivity index (χ3v) is 2.45. The van der Waals surface area contributed by atoms with Gasteiger partial charge in [0.25, 0.3) is 0 Å². The van der Waals surface area contributed by atoms with E-state index < -0.39 is 5.97 Å². The van der Waals surface area contributed by atoms with E-state index >= 15 is 0 Å². The second-order valence-electron chi connectivity index (χ2n) is 3.87. The van der Waals surface area contributed by atoms with E-state index in [0.29, 0.717) is 0 Å². The lowest BCUT2D eigenvalue weighted by Gasteiger charge is -2.02. The number of aliphatic carboxylic acids is 1. The number of hydrogen-bond donors (Lipinski definition) is 1.